The maximum Gasteiger partial charge on any atom is 0.231 e. The van der Waals surface area contributed by atoms with Crippen LogP contribution in [0.1, 0.15) is 58.8 Å². The number of hydrogen-bond donors (Lipinski definition) is 1. The predicted octanol–water partition coefficient (Wildman–Crippen LogP) is 3.82. The van der Waals surface area contributed by atoms with Crippen LogP contribution in [-0.2, 0) is 21.4 Å². The van der Waals surface area contributed by atoms with Crippen molar-refractivity contribution < 1.29 is 38.3 Å². The summed E-state index contributed by atoms with van der Waals surface area (Å²) in [7, 11) is 3.30. The molecule has 11 heteroatoms. The number of aryl methyl sites for hydroxylation is 1. The molecule has 240 valence electrons. The number of ether oxygens (including phenoxy) is 7. The summed E-state index contributed by atoms with van der Waals surface area (Å²) in [4.78, 5) is 4.73. The maximum absolute atomic E-state index is 11.1. The Morgan fingerprint density at radius 1 is 1.11 bits per heavy atom. The fraction of sp³-hybridized carbons (Fsp3) is 0.559. The number of rotatable bonds is 11. The van der Waals surface area contributed by atoms with Gasteiger partial charge in [-0.2, -0.15) is 5.26 Å². The molecule has 0 aliphatic carbocycles. The molecule has 5 heterocycles. The first-order valence-corrected chi connectivity index (χ1v) is 15.5. The molecule has 2 saturated heterocycles. The van der Waals surface area contributed by atoms with Crippen LogP contribution >= 0.6 is 0 Å². The lowest BCUT2D eigenvalue weighted by Crippen LogP contribution is -2.74. The van der Waals surface area contributed by atoms with Crippen LogP contribution in [0.2, 0.25) is 0 Å². The minimum atomic E-state index is -0.502. The Bertz CT molecular complexity index is 1570. The van der Waals surface area contributed by atoms with Crippen molar-refractivity contribution in [3.8, 4) is 34.8 Å². The minimum absolute atomic E-state index is 0.0338. The molecule has 1 N–H and O–H groups in total. The molecular formula is C34H41N3O8. The van der Waals surface area contributed by atoms with Crippen LogP contribution in [0.4, 0.5) is 0 Å². The molecule has 0 bridgehead atoms. The van der Waals surface area contributed by atoms with E-state index in [0.29, 0.717) is 49.2 Å². The SMILES string of the molecule is C=CCOc1c(C)c2c(c3c1C[C@H]1[C@H]4c5c(cc(C)c(OC)c5OCOCCOC)C5(C)C[C@@H]([C@H](C#N)N1[C@H]3CO)N45)OCO2. The lowest BCUT2D eigenvalue weighted by Gasteiger charge is -2.65. The van der Waals surface area contributed by atoms with Gasteiger partial charge in [0.1, 0.15) is 18.4 Å². The first kappa shape index (κ1) is 30.1. The van der Waals surface area contributed by atoms with E-state index in [4.69, 9.17) is 33.2 Å². The third kappa shape index (κ3) is 4.13. The fourth-order valence-corrected chi connectivity index (χ4v) is 8.77. The van der Waals surface area contributed by atoms with Gasteiger partial charge >= 0.3 is 0 Å². The first-order valence-electron chi connectivity index (χ1n) is 15.5. The zero-order valence-electron chi connectivity index (χ0n) is 26.6. The maximum atomic E-state index is 11.1. The second kappa shape index (κ2) is 11.4. The minimum Gasteiger partial charge on any atom is -0.493 e. The summed E-state index contributed by atoms with van der Waals surface area (Å²) in [6.45, 7) is 11.3. The van der Waals surface area contributed by atoms with E-state index in [1.165, 1.54) is 5.56 Å². The zero-order valence-corrected chi connectivity index (χ0v) is 26.6. The van der Waals surface area contributed by atoms with Crippen molar-refractivity contribution in [3.63, 3.8) is 0 Å². The normalized spacial score (nSPS) is 28.7. The molecule has 45 heavy (non-hydrogen) atoms. The lowest BCUT2D eigenvalue weighted by atomic mass is 9.70. The monoisotopic (exact) mass is 619 g/mol. The topological polar surface area (TPSA) is 115 Å². The molecular weight excluding hydrogens is 578 g/mol. The number of nitrogens with zero attached hydrogens (tertiary/aromatic N) is 3. The average Bonchev–Trinajstić information content (AvgIpc) is 3.60. The highest BCUT2D eigenvalue weighted by Gasteiger charge is 2.69. The standard InChI is InChI=1S/C34H41N3O8/c1-7-8-42-30-19(3)31-32(45-17-44-31)26-20(30)12-22-28-27-21(11-18(2)29(40-6)33(27)43-16-41-10-9-39-5)34(4)13-23(37(28)34)24(14-35)36(22)25(26)15-38/h7,11,22-25,28,38H,1,8-10,12-13,15-17H2,2-6H3/t22-,23-,24-,25-,28-,34?/m0/s1. The Kier molecular flexibility index (Phi) is 7.61. The van der Waals surface area contributed by atoms with Gasteiger partial charge in [0.2, 0.25) is 6.79 Å². The summed E-state index contributed by atoms with van der Waals surface area (Å²) in [6.07, 6.45) is 3.09. The first-order chi connectivity index (χ1) is 21.9. The molecule has 0 radical (unpaired) electrons. The Morgan fingerprint density at radius 3 is 2.62 bits per heavy atom. The van der Waals surface area contributed by atoms with Gasteiger partial charge in [-0.1, -0.05) is 12.7 Å². The summed E-state index contributed by atoms with van der Waals surface area (Å²) < 4.78 is 41.6. The highest BCUT2D eigenvalue weighted by atomic mass is 16.7. The van der Waals surface area contributed by atoms with Crippen molar-refractivity contribution in [2.45, 2.75) is 69.4 Å². The Balaban J connectivity index is 1.41. The van der Waals surface area contributed by atoms with Crippen molar-refractivity contribution in [1.29, 1.82) is 5.26 Å². The molecule has 5 aliphatic rings. The number of nitriles is 1. The van der Waals surface area contributed by atoms with Crippen molar-refractivity contribution in [2.75, 3.05) is 54.2 Å². The zero-order chi connectivity index (χ0) is 31.6. The Morgan fingerprint density at radius 2 is 1.91 bits per heavy atom. The van der Waals surface area contributed by atoms with Crippen LogP contribution in [0, 0.1) is 25.2 Å². The van der Waals surface area contributed by atoms with Gasteiger partial charge < -0.3 is 38.3 Å². The molecule has 1 unspecified atom stereocenters. The van der Waals surface area contributed by atoms with Crippen LogP contribution in [-0.4, -0.2) is 87.3 Å². The summed E-state index contributed by atoms with van der Waals surface area (Å²) in [6, 6.07) is 3.55. The summed E-state index contributed by atoms with van der Waals surface area (Å²) in [5, 5.41) is 21.8. The summed E-state index contributed by atoms with van der Waals surface area (Å²) in [5.74, 6) is 3.31. The van der Waals surface area contributed by atoms with Gasteiger partial charge in [0.25, 0.3) is 0 Å². The molecule has 0 amide bonds. The number of aliphatic hydroxyl groups excluding tert-OH is 1. The Hall–Kier alpha value is -3.53. The van der Waals surface area contributed by atoms with Crippen molar-refractivity contribution in [2.24, 2.45) is 0 Å². The van der Waals surface area contributed by atoms with E-state index >= 15 is 0 Å². The molecule has 2 fully saturated rings. The molecule has 0 spiro atoms. The summed E-state index contributed by atoms with van der Waals surface area (Å²) in [5.41, 5.74) is 5.60. The van der Waals surface area contributed by atoms with E-state index in [1.54, 1.807) is 20.3 Å². The van der Waals surface area contributed by atoms with Gasteiger partial charge in [-0.05, 0) is 50.8 Å². The highest BCUT2D eigenvalue weighted by molar-refractivity contribution is 5.67. The predicted molar refractivity (Wildman–Crippen MR) is 163 cm³/mol. The highest BCUT2D eigenvalue weighted by Crippen LogP contribution is 2.67. The van der Waals surface area contributed by atoms with Gasteiger partial charge in [-0.25, -0.2) is 0 Å². The van der Waals surface area contributed by atoms with Crippen LogP contribution < -0.4 is 23.7 Å². The Labute approximate surface area is 263 Å². The molecule has 5 aliphatic heterocycles. The molecule has 6 atom stereocenters. The van der Waals surface area contributed by atoms with E-state index in [9.17, 15) is 10.4 Å². The third-order valence-electron chi connectivity index (χ3n) is 10.4. The van der Waals surface area contributed by atoms with Gasteiger partial charge in [0.05, 0.1) is 45.1 Å². The van der Waals surface area contributed by atoms with Crippen molar-refractivity contribution in [1.82, 2.24) is 9.80 Å². The van der Waals surface area contributed by atoms with Gasteiger partial charge in [0.15, 0.2) is 29.8 Å². The number of fused-ring (bicyclic) bond motifs is 8. The number of hydrogen-bond acceptors (Lipinski definition) is 11. The van der Waals surface area contributed by atoms with Crippen molar-refractivity contribution in [3.05, 3.63) is 52.1 Å². The number of piperazine rings is 1. The van der Waals surface area contributed by atoms with Crippen LogP contribution in [0.5, 0.6) is 28.7 Å². The number of benzene rings is 2. The van der Waals surface area contributed by atoms with Gasteiger partial charge in [0, 0.05) is 47.0 Å². The third-order valence-corrected chi connectivity index (χ3v) is 10.4. The molecule has 7 rings (SSSR count). The average molecular weight is 620 g/mol. The van der Waals surface area contributed by atoms with E-state index < -0.39 is 12.1 Å². The molecule has 2 aromatic carbocycles. The van der Waals surface area contributed by atoms with Crippen LogP contribution in [0.25, 0.3) is 0 Å². The fourth-order valence-electron chi connectivity index (χ4n) is 8.77. The molecule has 0 saturated carbocycles. The van der Waals surface area contributed by atoms with Crippen LogP contribution in [0.15, 0.2) is 18.7 Å². The molecule has 11 nitrogen and oxygen atoms in total. The largest absolute Gasteiger partial charge is 0.493 e. The van der Waals surface area contributed by atoms with Gasteiger partial charge in [-0.15, -0.1) is 0 Å². The van der Waals surface area contributed by atoms with Gasteiger partial charge in [-0.3, -0.25) is 9.80 Å². The van der Waals surface area contributed by atoms with E-state index in [0.717, 1.165) is 40.0 Å². The van der Waals surface area contributed by atoms with E-state index in [2.05, 4.69) is 35.4 Å². The van der Waals surface area contributed by atoms with Crippen LogP contribution in [0.3, 0.4) is 0 Å². The number of methoxy groups -OCH3 is 2. The number of aliphatic hydroxyl groups is 1. The smallest absolute Gasteiger partial charge is 0.231 e. The second-order valence-electron chi connectivity index (χ2n) is 12.6. The van der Waals surface area contributed by atoms with E-state index in [1.807, 2.05) is 13.8 Å². The molecule has 0 aromatic heterocycles. The quantitative estimate of drug-likeness (QED) is 0.225. The second-order valence-corrected chi connectivity index (χ2v) is 12.6. The summed E-state index contributed by atoms with van der Waals surface area (Å²) >= 11 is 0. The molecule has 2 aromatic rings. The van der Waals surface area contributed by atoms with Crippen molar-refractivity contribution >= 4 is 0 Å². The van der Waals surface area contributed by atoms with E-state index in [-0.39, 0.29) is 43.9 Å². The lowest BCUT2D eigenvalue weighted by molar-refractivity contribution is -0.182.